The molecule has 1 aromatic heterocycles. The molecule has 0 radical (unpaired) electrons. The van der Waals surface area contributed by atoms with E-state index in [1.807, 2.05) is 43.3 Å². The van der Waals surface area contributed by atoms with Crippen LogP contribution in [0, 0.1) is 6.92 Å². The van der Waals surface area contributed by atoms with Crippen LogP contribution in [0.5, 0.6) is 0 Å². The van der Waals surface area contributed by atoms with Crippen LogP contribution in [0.1, 0.15) is 11.3 Å². The van der Waals surface area contributed by atoms with Gasteiger partial charge in [-0.2, -0.15) is 0 Å². The van der Waals surface area contributed by atoms with E-state index in [4.69, 9.17) is 16.4 Å². The van der Waals surface area contributed by atoms with E-state index < -0.39 is 0 Å². The van der Waals surface area contributed by atoms with Crippen molar-refractivity contribution in [1.82, 2.24) is 10.0 Å². The van der Waals surface area contributed by atoms with E-state index in [0.717, 1.165) is 16.9 Å². The lowest BCUT2D eigenvalue weighted by molar-refractivity contribution is -0.104. The minimum Gasteiger partial charge on any atom is -0.323 e. The van der Waals surface area contributed by atoms with Crippen molar-refractivity contribution in [2.75, 3.05) is 18.4 Å². The van der Waals surface area contributed by atoms with E-state index in [0.29, 0.717) is 30.7 Å². The summed E-state index contributed by atoms with van der Waals surface area (Å²) < 4.78 is 0. The summed E-state index contributed by atoms with van der Waals surface area (Å²) in [6.45, 7) is 3.80. The van der Waals surface area contributed by atoms with Crippen molar-refractivity contribution >= 4 is 48.1 Å². The molecule has 1 aromatic carbocycles. The third kappa shape index (κ3) is 4.98. The van der Waals surface area contributed by atoms with Crippen LogP contribution in [0.25, 0.3) is 0 Å². The molecule has 1 N–H and O–H groups in total. The van der Waals surface area contributed by atoms with Crippen molar-refractivity contribution in [3.05, 3.63) is 58.9 Å². The minimum absolute atomic E-state index is 0. The molecule has 0 unspecified atom stereocenters. The fourth-order valence-electron chi connectivity index (χ4n) is 2.19. The number of nitrogens with one attached hydrogen (secondary N) is 1. The number of hydrogen-bond donors (Lipinski definition) is 1. The quantitative estimate of drug-likeness (QED) is 0.855. The zero-order valence-electron chi connectivity index (χ0n) is 13.1. The second kappa shape index (κ2) is 9.69. The Hall–Kier alpha value is -1.53. The number of pyridine rings is 1. The molecule has 2 heterocycles. The van der Waals surface area contributed by atoms with E-state index in [9.17, 15) is 0 Å². The van der Waals surface area contributed by atoms with Gasteiger partial charge in [-0.3, -0.25) is 9.82 Å². The first-order valence-corrected chi connectivity index (χ1v) is 7.49. The van der Waals surface area contributed by atoms with Crippen molar-refractivity contribution in [2.24, 2.45) is 4.99 Å². The fourth-order valence-corrected chi connectivity index (χ4v) is 2.46. The largest absolute Gasteiger partial charge is 0.323 e. The molecule has 0 amide bonds. The number of guanidine groups is 1. The second-order valence-corrected chi connectivity index (χ2v) is 5.37. The van der Waals surface area contributed by atoms with Crippen LogP contribution in [-0.2, 0) is 11.4 Å². The first-order valence-electron chi connectivity index (χ1n) is 7.11. The number of benzene rings is 1. The molecule has 2 aromatic rings. The predicted molar refractivity (Wildman–Crippen MR) is 102 cm³/mol. The summed E-state index contributed by atoms with van der Waals surface area (Å²) >= 11 is 6.24. The van der Waals surface area contributed by atoms with E-state index in [2.05, 4.69) is 15.3 Å². The molecule has 8 heteroatoms. The smallest absolute Gasteiger partial charge is 0.223 e. The Morgan fingerprint density at radius 3 is 2.75 bits per heavy atom. The number of hydrogen-bond acceptors (Lipinski definition) is 5. The Morgan fingerprint density at radius 2 is 2.04 bits per heavy atom. The highest BCUT2D eigenvalue weighted by molar-refractivity contribution is 6.34. The van der Waals surface area contributed by atoms with Gasteiger partial charge in [0.2, 0.25) is 5.96 Å². The third-order valence-electron chi connectivity index (χ3n) is 3.35. The monoisotopic (exact) mass is 388 g/mol. The summed E-state index contributed by atoms with van der Waals surface area (Å²) in [4.78, 5) is 14.5. The molecule has 0 saturated carbocycles. The summed E-state index contributed by atoms with van der Waals surface area (Å²) in [6.07, 6.45) is 1.75. The Balaban J connectivity index is 0.00000144. The maximum Gasteiger partial charge on any atom is 0.223 e. The maximum absolute atomic E-state index is 6.24. The normalized spacial score (nSPS) is 12.9. The number of para-hydroxylation sites is 1. The number of hydroxylamine groups is 2. The average Bonchev–Trinajstić information content (AvgIpc) is 2.97. The first-order chi connectivity index (χ1) is 10.7. The fraction of sp³-hybridized carbons (Fsp3) is 0.250. The summed E-state index contributed by atoms with van der Waals surface area (Å²) in [7, 11) is 0. The molecule has 1 aliphatic rings. The van der Waals surface area contributed by atoms with Gasteiger partial charge in [-0.25, -0.2) is 10.1 Å². The van der Waals surface area contributed by atoms with Crippen LogP contribution in [0.4, 0.5) is 5.69 Å². The first kappa shape index (κ1) is 20.5. The van der Waals surface area contributed by atoms with Crippen LogP contribution in [0.2, 0.25) is 5.02 Å². The average molecular weight is 390 g/mol. The van der Waals surface area contributed by atoms with Crippen molar-refractivity contribution < 1.29 is 4.84 Å². The summed E-state index contributed by atoms with van der Waals surface area (Å²) in [5.41, 5.74) is 2.80. The predicted octanol–water partition coefficient (Wildman–Crippen LogP) is 4.10. The lowest BCUT2D eigenvalue weighted by Gasteiger charge is -2.21. The molecular formula is C16H19Cl3N4O. The molecule has 0 spiro atoms. The van der Waals surface area contributed by atoms with Crippen LogP contribution in [0.3, 0.4) is 0 Å². The number of halogens is 3. The number of aliphatic imine (C=N–C) groups is 1. The molecule has 0 aliphatic carbocycles. The van der Waals surface area contributed by atoms with Crippen molar-refractivity contribution in [2.45, 2.75) is 13.5 Å². The molecule has 130 valence electrons. The van der Waals surface area contributed by atoms with Crippen LogP contribution in [0.15, 0.2) is 47.6 Å². The van der Waals surface area contributed by atoms with E-state index in [1.165, 1.54) is 0 Å². The second-order valence-electron chi connectivity index (χ2n) is 4.96. The summed E-state index contributed by atoms with van der Waals surface area (Å²) in [5, 5.41) is 5.68. The van der Waals surface area contributed by atoms with Gasteiger partial charge in [0.1, 0.15) is 6.61 Å². The van der Waals surface area contributed by atoms with Gasteiger partial charge in [0.25, 0.3) is 0 Å². The molecule has 0 atom stereocenters. The highest BCUT2D eigenvalue weighted by Crippen LogP contribution is 2.26. The number of nitrogens with zero attached hydrogens (tertiary/aromatic N) is 3. The van der Waals surface area contributed by atoms with Gasteiger partial charge in [0, 0.05) is 6.20 Å². The Bertz CT molecular complexity index is 662. The van der Waals surface area contributed by atoms with Crippen molar-refractivity contribution in [3.63, 3.8) is 0 Å². The third-order valence-corrected chi connectivity index (χ3v) is 3.67. The SMILES string of the molecule is Cc1cccc(Cl)c1NC1=NCCN1OCc1ccccn1.Cl.Cl. The minimum atomic E-state index is 0. The zero-order chi connectivity index (χ0) is 15.4. The molecule has 1 aliphatic heterocycles. The molecular weight excluding hydrogens is 371 g/mol. The van der Waals surface area contributed by atoms with Crippen molar-refractivity contribution in [3.8, 4) is 0 Å². The molecule has 0 saturated heterocycles. The molecule has 0 fully saturated rings. The van der Waals surface area contributed by atoms with Gasteiger partial charge in [0.15, 0.2) is 0 Å². The van der Waals surface area contributed by atoms with Gasteiger partial charge >= 0.3 is 0 Å². The lowest BCUT2D eigenvalue weighted by Crippen LogP contribution is -2.33. The van der Waals surface area contributed by atoms with Crippen molar-refractivity contribution in [1.29, 1.82) is 0 Å². The number of aryl methyl sites for hydroxylation is 1. The van der Waals surface area contributed by atoms with E-state index in [1.54, 1.807) is 11.3 Å². The van der Waals surface area contributed by atoms with Gasteiger partial charge < -0.3 is 5.32 Å². The van der Waals surface area contributed by atoms with Crippen LogP contribution in [-0.4, -0.2) is 29.1 Å². The topological polar surface area (TPSA) is 49.8 Å². The summed E-state index contributed by atoms with van der Waals surface area (Å²) in [5.74, 6) is 0.673. The maximum atomic E-state index is 6.24. The van der Waals surface area contributed by atoms with E-state index in [-0.39, 0.29) is 24.8 Å². The molecule has 0 bridgehead atoms. The Labute approximate surface area is 158 Å². The number of anilines is 1. The highest BCUT2D eigenvalue weighted by Gasteiger charge is 2.19. The molecule has 24 heavy (non-hydrogen) atoms. The van der Waals surface area contributed by atoms with Gasteiger partial charge in [0.05, 0.1) is 29.5 Å². The highest BCUT2D eigenvalue weighted by atomic mass is 35.5. The zero-order valence-corrected chi connectivity index (χ0v) is 15.5. The molecule has 5 nitrogen and oxygen atoms in total. The van der Waals surface area contributed by atoms with Gasteiger partial charge in [-0.1, -0.05) is 29.8 Å². The Kier molecular flexibility index (Phi) is 8.28. The van der Waals surface area contributed by atoms with E-state index >= 15 is 0 Å². The molecule has 3 rings (SSSR count). The van der Waals surface area contributed by atoms with Gasteiger partial charge in [-0.05, 0) is 30.7 Å². The van der Waals surface area contributed by atoms with Gasteiger partial charge in [-0.15, -0.1) is 24.8 Å². The lowest BCUT2D eigenvalue weighted by atomic mass is 10.2. The number of rotatable bonds is 4. The Morgan fingerprint density at radius 1 is 1.21 bits per heavy atom. The summed E-state index contributed by atoms with van der Waals surface area (Å²) in [6, 6.07) is 11.5. The standard InChI is InChI=1S/C16H17ClN4O.2ClH/c1-12-5-4-7-14(17)15(12)20-16-19-9-10-21(16)22-11-13-6-2-3-8-18-13;;/h2-8H,9-11H2,1H3,(H,19,20);2*1H. The van der Waals surface area contributed by atoms with Crippen LogP contribution >= 0.6 is 36.4 Å². The van der Waals surface area contributed by atoms with Crippen LogP contribution < -0.4 is 5.32 Å². The number of aromatic nitrogens is 1.